The van der Waals surface area contributed by atoms with Gasteiger partial charge in [-0.05, 0) is 18.6 Å². The summed E-state index contributed by atoms with van der Waals surface area (Å²) in [6, 6.07) is 2.93. The van der Waals surface area contributed by atoms with Gasteiger partial charge in [0, 0.05) is 18.0 Å². The third kappa shape index (κ3) is 1.12. The molecule has 1 aromatic carbocycles. The molecule has 0 spiro atoms. The molecule has 0 N–H and O–H groups in total. The molecular formula is C11H8FNO2S. The second-order valence-corrected chi connectivity index (χ2v) is 4.85. The lowest BCUT2D eigenvalue weighted by molar-refractivity contribution is -0.109. The summed E-state index contributed by atoms with van der Waals surface area (Å²) >= 11 is 1.10. The minimum Gasteiger partial charge on any atom is -0.303 e. The standard InChI is InChI=1S/C11H8FNO2S/c12-7-1-2-8-10-9(7)6(5-14)3-4-13(10)11(15)16-8/h1-2,5-6H,3-4H2. The molecule has 82 valence electrons. The molecule has 3 rings (SSSR count). The van der Waals surface area contributed by atoms with Gasteiger partial charge in [-0.1, -0.05) is 11.3 Å². The highest BCUT2D eigenvalue weighted by Gasteiger charge is 2.26. The van der Waals surface area contributed by atoms with E-state index in [2.05, 4.69) is 0 Å². The molecule has 2 heterocycles. The number of carbonyl (C=O) groups excluding carboxylic acids is 1. The highest BCUT2D eigenvalue weighted by molar-refractivity contribution is 7.16. The maximum absolute atomic E-state index is 13.7. The first-order chi connectivity index (χ1) is 7.72. The van der Waals surface area contributed by atoms with E-state index in [-0.39, 0.29) is 4.87 Å². The first-order valence-electron chi connectivity index (χ1n) is 4.99. The lowest BCUT2D eigenvalue weighted by atomic mass is 9.93. The van der Waals surface area contributed by atoms with Crippen molar-refractivity contribution in [3.8, 4) is 0 Å². The molecule has 1 atom stereocenters. The first kappa shape index (κ1) is 9.72. The molecule has 5 heteroatoms. The molecule has 0 fully saturated rings. The molecule has 0 amide bonds. The second kappa shape index (κ2) is 3.25. The van der Waals surface area contributed by atoms with Gasteiger partial charge in [-0.25, -0.2) is 4.39 Å². The van der Waals surface area contributed by atoms with Crippen molar-refractivity contribution in [2.75, 3.05) is 0 Å². The maximum atomic E-state index is 13.7. The molecule has 1 unspecified atom stereocenters. The van der Waals surface area contributed by atoms with Crippen LogP contribution in [0.1, 0.15) is 17.9 Å². The number of aromatic nitrogens is 1. The van der Waals surface area contributed by atoms with E-state index in [1.165, 1.54) is 6.07 Å². The topological polar surface area (TPSA) is 39.1 Å². The lowest BCUT2D eigenvalue weighted by Gasteiger charge is -2.20. The Labute approximate surface area is 94.1 Å². The molecule has 0 saturated carbocycles. The quantitative estimate of drug-likeness (QED) is 0.710. The van der Waals surface area contributed by atoms with Gasteiger partial charge in [-0.3, -0.25) is 9.36 Å². The van der Waals surface area contributed by atoms with E-state index in [4.69, 9.17) is 0 Å². The number of aldehydes is 1. The number of carbonyl (C=O) groups is 1. The average Bonchev–Trinajstić information content (AvgIpc) is 2.62. The molecule has 0 aliphatic carbocycles. The number of thiazole rings is 1. The van der Waals surface area contributed by atoms with E-state index in [9.17, 15) is 14.0 Å². The van der Waals surface area contributed by atoms with Gasteiger partial charge in [0.05, 0.1) is 10.2 Å². The van der Waals surface area contributed by atoms with Gasteiger partial charge in [0.15, 0.2) is 0 Å². The molecule has 1 aliphatic rings. The Balaban J connectivity index is 2.50. The van der Waals surface area contributed by atoms with E-state index < -0.39 is 11.7 Å². The summed E-state index contributed by atoms with van der Waals surface area (Å²) in [7, 11) is 0. The van der Waals surface area contributed by atoms with Crippen LogP contribution in [-0.2, 0) is 11.3 Å². The highest BCUT2D eigenvalue weighted by Crippen LogP contribution is 2.34. The van der Waals surface area contributed by atoms with E-state index >= 15 is 0 Å². The molecule has 3 nitrogen and oxygen atoms in total. The number of aryl methyl sites for hydroxylation is 1. The Hall–Kier alpha value is -1.49. The summed E-state index contributed by atoms with van der Waals surface area (Å²) in [4.78, 5) is 22.5. The summed E-state index contributed by atoms with van der Waals surface area (Å²) in [6.45, 7) is 0.499. The van der Waals surface area contributed by atoms with Crippen LogP contribution >= 0.6 is 11.3 Å². The van der Waals surface area contributed by atoms with Crippen LogP contribution in [0.4, 0.5) is 4.39 Å². The van der Waals surface area contributed by atoms with Crippen molar-refractivity contribution >= 4 is 27.8 Å². The van der Waals surface area contributed by atoms with E-state index in [0.717, 1.165) is 22.3 Å². The SMILES string of the molecule is O=CC1CCn2c(=O)sc3ccc(F)c1c32. The molecule has 1 aliphatic heterocycles. The molecule has 0 bridgehead atoms. The predicted octanol–water partition coefficient (Wildman–Crippen LogP) is 1.89. The second-order valence-electron chi connectivity index (χ2n) is 3.86. The number of benzene rings is 1. The van der Waals surface area contributed by atoms with Crippen molar-refractivity contribution in [3.63, 3.8) is 0 Å². The molecule has 1 aromatic heterocycles. The Morgan fingerprint density at radius 2 is 2.31 bits per heavy atom. The fraction of sp³-hybridized carbons (Fsp3) is 0.273. The summed E-state index contributed by atoms with van der Waals surface area (Å²) in [5, 5.41) is 0. The van der Waals surface area contributed by atoms with Crippen LogP contribution in [0.25, 0.3) is 10.2 Å². The van der Waals surface area contributed by atoms with E-state index in [0.29, 0.717) is 24.0 Å². The Morgan fingerprint density at radius 3 is 3.06 bits per heavy atom. The van der Waals surface area contributed by atoms with Gasteiger partial charge in [0.25, 0.3) is 0 Å². The smallest absolute Gasteiger partial charge is 0.303 e. The lowest BCUT2D eigenvalue weighted by Crippen LogP contribution is -2.21. The van der Waals surface area contributed by atoms with Crippen LogP contribution in [0.5, 0.6) is 0 Å². The zero-order valence-corrected chi connectivity index (χ0v) is 9.09. The monoisotopic (exact) mass is 237 g/mol. The summed E-state index contributed by atoms with van der Waals surface area (Å²) in [6.07, 6.45) is 1.27. The molecular weight excluding hydrogens is 229 g/mol. The highest BCUT2D eigenvalue weighted by atomic mass is 32.1. The first-order valence-corrected chi connectivity index (χ1v) is 5.81. The van der Waals surface area contributed by atoms with E-state index in [1.54, 1.807) is 10.6 Å². The van der Waals surface area contributed by atoms with Crippen molar-refractivity contribution in [1.82, 2.24) is 4.57 Å². The normalized spacial score (nSPS) is 18.9. The minimum absolute atomic E-state index is 0.0776. The maximum Gasteiger partial charge on any atom is 0.308 e. The number of rotatable bonds is 1. The fourth-order valence-electron chi connectivity index (χ4n) is 2.27. The van der Waals surface area contributed by atoms with Gasteiger partial charge in [0.2, 0.25) is 0 Å². The van der Waals surface area contributed by atoms with Crippen molar-refractivity contribution in [1.29, 1.82) is 0 Å². The van der Waals surface area contributed by atoms with Gasteiger partial charge in [-0.2, -0.15) is 0 Å². The Kier molecular flexibility index (Phi) is 1.97. The zero-order chi connectivity index (χ0) is 11.3. The Morgan fingerprint density at radius 1 is 1.50 bits per heavy atom. The van der Waals surface area contributed by atoms with Gasteiger partial charge in [0.1, 0.15) is 12.1 Å². The zero-order valence-electron chi connectivity index (χ0n) is 8.27. The molecule has 0 saturated heterocycles. The number of nitrogens with zero attached hydrogens (tertiary/aromatic N) is 1. The summed E-state index contributed by atoms with van der Waals surface area (Å²) in [5.74, 6) is -0.812. The van der Waals surface area contributed by atoms with Crippen molar-refractivity contribution in [2.24, 2.45) is 0 Å². The molecule has 16 heavy (non-hydrogen) atoms. The fourth-order valence-corrected chi connectivity index (χ4v) is 3.20. The third-order valence-corrected chi connectivity index (χ3v) is 3.96. The number of halogens is 1. The minimum atomic E-state index is -0.419. The van der Waals surface area contributed by atoms with Gasteiger partial charge < -0.3 is 4.79 Å². The van der Waals surface area contributed by atoms with Crippen LogP contribution in [-0.4, -0.2) is 10.9 Å². The number of hydrogen-bond donors (Lipinski definition) is 0. The van der Waals surface area contributed by atoms with Crippen molar-refractivity contribution in [3.05, 3.63) is 33.2 Å². The van der Waals surface area contributed by atoms with Crippen LogP contribution in [0.3, 0.4) is 0 Å². The largest absolute Gasteiger partial charge is 0.308 e. The van der Waals surface area contributed by atoms with E-state index in [1.807, 2.05) is 0 Å². The summed E-state index contributed by atoms with van der Waals surface area (Å²) < 4.78 is 16.0. The Bertz CT molecular complexity index is 643. The average molecular weight is 237 g/mol. The number of hydrogen-bond acceptors (Lipinski definition) is 3. The van der Waals surface area contributed by atoms with Crippen LogP contribution in [0.15, 0.2) is 16.9 Å². The molecule has 2 aromatic rings. The summed E-state index contributed by atoms with van der Waals surface area (Å²) in [5.41, 5.74) is 0.996. The van der Waals surface area contributed by atoms with Crippen LogP contribution in [0.2, 0.25) is 0 Å². The van der Waals surface area contributed by atoms with Gasteiger partial charge >= 0.3 is 4.87 Å². The predicted molar refractivity (Wildman–Crippen MR) is 59.5 cm³/mol. The van der Waals surface area contributed by atoms with Gasteiger partial charge in [-0.15, -0.1) is 0 Å². The van der Waals surface area contributed by atoms with Crippen LogP contribution < -0.4 is 4.87 Å². The van der Waals surface area contributed by atoms with Crippen molar-refractivity contribution in [2.45, 2.75) is 18.9 Å². The third-order valence-electron chi connectivity index (χ3n) is 3.01. The van der Waals surface area contributed by atoms with Crippen LogP contribution in [0, 0.1) is 5.82 Å². The van der Waals surface area contributed by atoms with Crippen molar-refractivity contribution < 1.29 is 9.18 Å². The molecule has 0 radical (unpaired) electrons.